The zero-order valence-electron chi connectivity index (χ0n) is 30.8. The molecule has 0 bridgehead atoms. The van der Waals surface area contributed by atoms with Crippen LogP contribution >= 0.6 is 0 Å². The topological polar surface area (TPSA) is 155 Å². The molecular weight excluding hydrogens is 636 g/mol. The molecule has 2 aliphatic carbocycles. The van der Waals surface area contributed by atoms with E-state index >= 15 is 0 Å². The van der Waals surface area contributed by atoms with Crippen LogP contribution in [0.5, 0.6) is 0 Å². The second-order valence-electron chi connectivity index (χ2n) is 17.8. The summed E-state index contributed by atoms with van der Waals surface area (Å²) in [5.41, 5.74) is -1.89. The normalized spacial score (nSPS) is 52.3. The Morgan fingerprint density at radius 3 is 1.41 bits per heavy atom. The first-order valence-electron chi connectivity index (χ1n) is 18.7. The van der Waals surface area contributed by atoms with E-state index in [2.05, 4.69) is 27.7 Å². The Labute approximate surface area is 292 Å². The van der Waals surface area contributed by atoms with Gasteiger partial charge in [0.1, 0.15) is 0 Å². The standard InChI is InChI=1S/C37H64O12/c1-7-32(16-40)22-44-35(45-23-32)13-28(36(11-26(35)3)46-24-33(8-2,17-41)25-47-36)9-29-12-34(42-18-30(5,14-38)19-43-34)10-27(4)37(29)48-20-31(6,15-39)21-49-37/h26-29,38-41H,7-25H2,1-6H3. The summed E-state index contributed by atoms with van der Waals surface area (Å²) in [6.45, 7) is 15.2. The number of ether oxygens (including phenoxy) is 8. The van der Waals surface area contributed by atoms with Crippen molar-refractivity contribution in [3.8, 4) is 0 Å². The molecule has 4 N–H and O–H groups in total. The van der Waals surface area contributed by atoms with E-state index in [0.717, 1.165) is 12.8 Å². The van der Waals surface area contributed by atoms with E-state index in [-0.39, 0.29) is 50.1 Å². The molecule has 0 aromatic heterocycles. The largest absolute Gasteiger partial charge is 0.396 e. The van der Waals surface area contributed by atoms with Gasteiger partial charge in [0.15, 0.2) is 23.1 Å². The van der Waals surface area contributed by atoms with E-state index in [1.54, 1.807) is 0 Å². The third-order valence-electron chi connectivity index (χ3n) is 13.6. The summed E-state index contributed by atoms with van der Waals surface area (Å²) in [5, 5.41) is 40.8. The second-order valence-corrected chi connectivity index (χ2v) is 17.8. The average molecular weight is 701 g/mol. The van der Waals surface area contributed by atoms with Crippen LogP contribution in [0.3, 0.4) is 0 Å². The van der Waals surface area contributed by atoms with Crippen LogP contribution in [0.1, 0.15) is 86.5 Å². The van der Waals surface area contributed by atoms with Crippen LogP contribution in [0.2, 0.25) is 0 Å². The lowest BCUT2D eigenvalue weighted by molar-refractivity contribution is -0.421. The highest BCUT2D eigenvalue weighted by atomic mass is 16.7. The van der Waals surface area contributed by atoms with Crippen molar-refractivity contribution in [1.82, 2.24) is 0 Å². The first-order chi connectivity index (χ1) is 23.2. The van der Waals surface area contributed by atoms with Crippen LogP contribution < -0.4 is 0 Å². The summed E-state index contributed by atoms with van der Waals surface area (Å²) in [4.78, 5) is 0. The van der Waals surface area contributed by atoms with Gasteiger partial charge in [0, 0.05) is 71.0 Å². The van der Waals surface area contributed by atoms with Gasteiger partial charge in [-0.05, 0) is 19.3 Å². The summed E-state index contributed by atoms with van der Waals surface area (Å²) in [6.07, 6.45) is 4.16. The molecule has 4 heterocycles. The maximum absolute atomic E-state index is 10.3. The molecule has 0 radical (unpaired) electrons. The third-order valence-corrected chi connectivity index (χ3v) is 13.6. The van der Waals surface area contributed by atoms with Gasteiger partial charge >= 0.3 is 0 Å². The summed E-state index contributed by atoms with van der Waals surface area (Å²) in [6, 6.07) is 0. The SMILES string of the molecule is CCC1(CO)COC2(CC(CC3CC4(CC(C)C35OCC(C)(CO)CO5)OCC(C)(CO)CO4)C3(CC2C)OCC(CC)(CO)CO3)OC1. The summed E-state index contributed by atoms with van der Waals surface area (Å²) in [5.74, 6) is -4.29. The van der Waals surface area contributed by atoms with E-state index in [1.165, 1.54) is 0 Å². The second kappa shape index (κ2) is 13.7. The molecular formula is C37H64O12. The molecule has 49 heavy (non-hydrogen) atoms. The minimum absolute atomic E-state index is 0.00482. The van der Waals surface area contributed by atoms with Crippen LogP contribution in [-0.2, 0) is 37.9 Å². The van der Waals surface area contributed by atoms with Crippen molar-refractivity contribution in [2.24, 2.45) is 45.3 Å². The van der Waals surface area contributed by atoms with Gasteiger partial charge in [-0.25, -0.2) is 0 Å². The van der Waals surface area contributed by atoms with Gasteiger partial charge in [-0.1, -0.05) is 41.5 Å². The zero-order valence-corrected chi connectivity index (χ0v) is 30.8. The van der Waals surface area contributed by atoms with Crippen LogP contribution in [0.15, 0.2) is 0 Å². The van der Waals surface area contributed by atoms with Crippen molar-refractivity contribution in [3.63, 3.8) is 0 Å². The highest BCUT2D eigenvalue weighted by molar-refractivity contribution is 5.06. The molecule has 4 saturated heterocycles. The predicted octanol–water partition coefficient (Wildman–Crippen LogP) is 3.22. The van der Waals surface area contributed by atoms with Crippen LogP contribution in [0.4, 0.5) is 0 Å². The van der Waals surface area contributed by atoms with E-state index in [9.17, 15) is 20.4 Å². The van der Waals surface area contributed by atoms with Crippen LogP contribution in [0.25, 0.3) is 0 Å². The first kappa shape index (κ1) is 38.3. The van der Waals surface area contributed by atoms with Gasteiger partial charge in [-0.2, -0.15) is 0 Å². The first-order valence-corrected chi connectivity index (χ1v) is 18.7. The molecule has 0 amide bonds. The third kappa shape index (κ3) is 6.67. The number of hydrogen-bond acceptors (Lipinski definition) is 12. The maximum atomic E-state index is 10.3. The molecule has 12 heteroatoms. The average Bonchev–Trinajstić information content (AvgIpc) is 3.13. The van der Waals surface area contributed by atoms with Gasteiger partial charge in [-0.15, -0.1) is 0 Å². The molecule has 6 aliphatic rings. The van der Waals surface area contributed by atoms with Crippen LogP contribution in [-0.4, -0.2) is 123 Å². The van der Waals surface area contributed by atoms with E-state index in [0.29, 0.717) is 85.0 Å². The monoisotopic (exact) mass is 700 g/mol. The number of rotatable bonds is 8. The maximum Gasteiger partial charge on any atom is 0.174 e. The van der Waals surface area contributed by atoms with Crippen LogP contribution in [0, 0.1) is 45.3 Å². The Kier molecular flexibility index (Phi) is 10.7. The van der Waals surface area contributed by atoms with Crippen molar-refractivity contribution >= 4 is 0 Å². The highest BCUT2D eigenvalue weighted by Crippen LogP contribution is 2.59. The Balaban J connectivity index is 1.34. The smallest absolute Gasteiger partial charge is 0.174 e. The summed E-state index contributed by atoms with van der Waals surface area (Å²) < 4.78 is 53.8. The molecule has 4 atom stereocenters. The lowest BCUT2D eigenvalue weighted by atomic mass is 9.64. The van der Waals surface area contributed by atoms with Gasteiger partial charge in [0.25, 0.3) is 0 Å². The molecule has 284 valence electrons. The van der Waals surface area contributed by atoms with Crippen molar-refractivity contribution in [2.45, 2.75) is 110 Å². The number of aliphatic hydroxyl groups is 4. The van der Waals surface area contributed by atoms with Gasteiger partial charge in [-0.3, -0.25) is 0 Å². The molecule has 12 nitrogen and oxygen atoms in total. The molecule has 0 aromatic rings. The quantitative estimate of drug-likeness (QED) is 0.294. The van der Waals surface area contributed by atoms with Crippen molar-refractivity contribution in [3.05, 3.63) is 0 Å². The summed E-state index contributed by atoms with van der Waals surface area (Å²) in [7, 11) is 0. The number of hydrogen-bond donors (Lipinski definition) is 4. The number of aliphatic hydroxyl groups excluding tert-OH is 4. The summed E-state index contributed by atoms with van der Waals surface area (Å²) >= 11 is 0. The highest BCUT2D eigenvalue weighted by Gasteiger charge is 2.65. The van der Waals surface area contributed by atoms with Gasteiger partial charge < -0.3 is 58.3 Å². The molecule has 2 saturated carbocycles. The minimum Gasteiger partial charge on any atom is -0.396 e. The van der Waals surface area contributed by atoms with Crippen molar-refractivity contribution in [2.75, 3.05) is 79.3 Å². The predicted molar refractivity (Wildman–Crippen MR) is 177 cm³/mol. The Bertz CT molecular complexity index is 1100. The van der Waals surface area contributed by atoms with E-state index in [4.69, 9.17) is 37.9 Å². The van der Waals surface area contributed by atoms with Crippen molar-refractivity contribution in [1.29, 1.82) is 0 Å². The molecule has 0 aromatic carbocycles. The fourth-order valence-corrected chi connectivity index (χ4v) is 9.04. The van der Waals surface area contributed by atoms with E-state index in [1.807, 2.05) is 13.8 Å². The van der Waals surface area contributed by atoms with Crippen molar-refractivity contribution < 1.29 is 58.3 Å². The molecule has 4 spiro atoms. The Morgan fingerprint density at radius 1 is 0.490 bits per heavy atom. The lowest BCUT2D eigenvalue weighted by Crippen LogP contribution is -2.67. The zero-order chi connectivity index (χ0) is 35.4. The molecule has 4 unspecified atom stereocenters. The fourth-order valence-electron chi connectivity index (χ4n) is 9.04. The molecule has 6 fully saturated rings. The minimum atomic E-state index is -0.961. The lowest BCUT2D eigenvalue weighted by Gasteiger charge is -2.61. The van der Waals surface area contributed by atoms with E-state index < -0.39 is 44.8 Å². The molecule has 6 rings (SSSR count). The fraction of sp³-hybridized carbons (Fsp3) is 1.00. The Hall–Kier alpha value is -0.480. The molecule has 4 aliphatic heterocycles. The Morgan fingerprint density at radius 2 is 0.959 bits per heavy atom. The van der Waals surface area contributed by atoms with Gasteiger partial charge in [0.05, 0.1) is 79.3 Å². The van der Waals surface area contributed by atoms with Gasteiger partial charge in [0.2, 0.25) is 0 Å².